The van der Waals surface area contributed by atoms with Crippen LogP contribution >= 0.6 is 0 Å². The fourth-order valence-electron chi connectivity index (χ4n) is 2.14. The lowest BCUT2D eigenvalue weighted by molar-refractivity contribution is -0.138. The van der Waals surface area contributed by atoms with Crippen molar-refractivity contribution in [2.75, 3.05) is 0 Å². The minimum absolute atomic E-state index is 0.128. The summed E-state index contributed by atoms with van der Waals surface area (Å²) in [6, 6.07) is 0. The van der Waals surface area contributed by atoms with Crippen LogP contribution in [0.1, 0.15) is 45.4 Å². The summed E-state index contributed by atoms with van der Waals surface area (Å²) >= 11 is 0. The fourth-order valence-corrected chi connectivity index (χ4v) is 2.14. The van der Waals surface area contributed by atoms with Crippen LogP contribution in [0.2, 0.25) is 0 Å². The van der Waals surface area contributed by atoms with Gasteiger partial charge < -0.3 is 10.8 Å². The maximum Gasteiger partial charge on any atom is 0.305 e. The molecule has 1 rings (SSSR count). The Labute approximate surface area is 79.3 Å². The maximum absolute atomic E-state index is 10.5. The highest BCUT2D eigenvalue weighted by Gasteiger charge is 2.32. The van der Waals surface area contributed by atoms with Crippen molar-refractivity contribution in [2.24, 2.45) is 11.7 Å². The van der Waals surface area contributed by atoms with Gasteiger partial charge in [0.2, 0.25) is 0 Å². The molecule has 1 aliphatic rings. The molecule has 0 aromatic heterocycles. The van der Waals surface area contributed by atoms with Gasteiger partial charge >= 0.3 is 5.97 Å². The van der Waals surface area contributed by atoms with E-state index in [9.17, 15) is 4.79 Å². The lowest BCUT2D eigenvalue weighted by atomic mass is 9.75. The molecule has 3 N–H and O–H groups in total. The second kappa shape index (κ2) is 4.09. The summed E-state index contributed by atoms with van der Waals surface area (Å²) in [5, 5.41) is 8.67. The van der Waals surface area contributed by atoms with Crippen molar-refractivity contribution in [3.05, 3.63) is 0 Å². The summed E-state index contributed by atoms with van der Waals surface area (Å²) in [6.45, 7) is 2.19. The van der Waals surface area contributed by atoms with Gasteiger partial charge in [-0.3, -0.25) is 4.79 Å². The Bertz CT molecular complexity index is 183. The van der Waals surface area contributed by atoms with Crippen LogP contribution in [-0.4, -0.2) is 16.6 Å². The summed E-state index contributed by atoms with van der Waals surface area (Å²) < 4.78 is 0. The van der Waals surface area contributed by atoms with Gasteiger partial charge in [0.05, 0.1) is 6.42 Å². The Morgan fingerprint density at radius 2 is 2.08 bits per heavy atom. The van der Waals surface area contributed by atoms with Gasteiger partial charge in [-0.05, 0) is 31.6 Å². The lowest BCUT2D eigenvalue weighted by Gasteiger charge is -2.35. The molecule has 3 heteroatoms. The SMILES string of the molecule is CCC1CCC(N)(CC(=O)O)CC1. The Hall–Kier alpha value is -0.570. The highest BCUT2D eigenvalue weighted by Crippen LogP contribution is 2.33. The first-order valence-corrected chi connectivity index (χ1v) is 5.06. The van der Waals surface area contributed by atoms with E-state index in [1.54, 1.807) is 0 Å². The zero-order chi connectivity index (χ0) is 9.90. The van der Waals surface area contributed by atoms with Crippen LogP contribution in [0, 0.1) is 5.92 Å². The van der Waals surface area contributed by atoms with E-state index in [2.05, 4.69) is 6.92 Å². The molecule has 0 radical (unpaired) electrons. The van der Waals surface area contributed by atoms with Crippen LogP contribution < -0.4 is 5.73 Å². The number of carbonyl (C=O) groups is 1. The number of carboxylic acids is 1. The van der Waals surface area contributed by atoms with E-state index in [0.717, 1.165) is 31.6 Å². The zero-order valence-electron chi connectivity index (χ0n) is 8.25. The molecule has 0 unspecified atom stereocenters. The van der Waals surface area contributed by atoms with Gasteiger partial charge in [-0.1, -0.05) is 13.3 Å². The van der Waals surface area contributed by atoms with Gasteiger partial charge in [0.25, 0.3) is 0 Å². The normalized spacial score (nSPS) is 34.5. The number of hydrogen-bond donors (Lipinski definition) is 2. The predicted octanol–water partition coefficient (Wildman–Crippen LogP) is 1.76. The van der Waals surface area contributed by atoms with Gasteiger partial charge in [0.15, 0.2) is 0 Å². The zero-order valence-corrected chi connectivity index (χ0v) is 8.25. The molecule has 0 amide bonds. The Balaban J connectivity index is 2.41. The summed E-state index contributed by atoms with van der Waals surface area (Å²) in [5.74, 6) is 0.00270. The van der Waals surface area contributed by atoms with Gasteiger partial charge in [-0.25, -0.2) is 0 Å². The molecule has 0 aliphatic heterocycles. The molecule has 0 heterocycles. The molecule has 13 heavy (non-hydrogen) atoms. The first-order chi connectivity index (χ1) is 6.06. The van der Waals surface area contributed by atoms with Crippen LogP contribution in [0.4, 0.5) is 0 Å². The molecule has 1 aliphatic carbocycles. The lowest BCUT2D eigenvalue weighted by Crippen LogP contribution is -2.45. The Morgan fingerprint density at radius 3 is 2.46 bits per heavy atom. The molecule has 0 atom stereocenters. The van der Waals surface area contributed by atoms with E-state index in [1.807, 2.05) is 0 Å². The average Bonchev–Trinajstić information content (AvgIpc) is 2.04. The van der Waals surface area contributed by atoms with Gasteiger partial charge in [0.1, 0.15) is 0 Å². The Kier molecular flexibility index (Phi) is 3.31. The summed E-state index contributed by atoms with van der Waals surface area (Å²) in [4.78, 5) is 10.5. The minimum Gasteiger partial charge on any atom is -0.481 e. The molecule has 0 saturated heterocycles. The van der Waals surface area contributed by atoms with Crippen molar-refractivity contribution in [3.8, 4) is 0 Å². The Morgan fingerprint density at radius 1 is 1.54 bits per heavy atom. The number of aliphatic carboxylic acids is 1. The van der Waals surface area contributed by atoms with Crippen molar-refractivity contribution in [2.45, 2.75) is 51.0 Å². The van der Waals surface area contributed by atoms with E-state index < -0.39 is 11.5 Å². The van der Waals surface area contributed by atoms with E-state index in [1.165, 1.54) is 6.42 Å². The third-order valence-corrected chi connectivity index (χ3v) is 3.18. The van der Waals surface area contributed by atoms with Crippen molar-refractivity contribution >= 4 is 5.97 Å². The summed E-state index contributed by atoms with van der Waals surface area (Å²) in [6.07, 6.45) is 5.27. The van der Waals surface area contributed by atoms with Crippen molar-refractivity contribution in [3.63, 3.8) is 0 Å². The molecule has 0 bridgehead atoms. The van der Waals surface area contributed by atoms with Gasteiger partial charge in [-0.15, -0.1) is 0 Å². The highest BCUT2D eigenvalue weighted by molar-refractivity contribution is 5.68. The number of rotatable bonds is 3. The molecule has 0 spiro atoms. The number of nitrogens with two attached hydrogens (primary N) is 1. The number of hydrogen-bond acceptors (Lipinski definition) is 2. The smallest absolute Gasteiger partial charge is 0.305 e. The van der Waals surface area contributed by atoms with Crippen LogP contribution in [0.3, 0.4) is 0 Å². The van der Waals surface area contributed by atoms with Crippen LogP contribution in [-0.2, 0) is 4.79 Å². The predicted molar refractivity (Wildman–Crippen MR) is 51.4 cm³/mol. The molecular weight excluding hydrogens is 166 g/mol. The standard InChI is InChI=1S/C10H19NO2/c1-2-8-3-5-10(11,6-4-8)7-9(12)13/h8H,2-7,11H2,1H3,(H,12,13). The first kappa shape index (κ1) is 10.5. The fraction of sp³-hybridized carbons (Fsp3) is 0.900. The molecule has 76 valence electrons. The average molecular weight is 185 g/mol. The van der Waals surface area contributed by atoms with E-state index in [0.29, 0.717) is 0 Å². The van der Waals surface area contributed by atoms with E-state index >= 15 is 0 Å². The van der Waals surface area contributed by atoms with Crippen LogP contribution in [0.25, 0.3) is 0 Å². The van der Waals surface area contributed by atoms with Gasteiger partial charge in [-0.2, -0.15) is 0 Å². The second-order valence-corrected chi connectivity index (χ2v) is 4.28. The van der Waals surface area contributed by atoms with Crippen LogP contribution in [0.15, 0.2) is 0 Å². The quantitative estimate of drug-likeness (QED) is 0.704. The molecule has 3 nitrogen and oxygen atoms in total. The summed E-state index contributed by atoms with van der Waals surface area (Å²) in [5.41, 5.74) is 5.58. The van der Waals surface area contributed by atoms with Crippen LogP contribution in [0.5, 0.6) is 0 Å². The number of carboxylic acid groups (broad SMARTS) is 1. The minimum atomic E-state index is -0.766. The first-order valence-electron chi connectivity index (χ1n) is 5.06. The highest BCUT2D eigenvalue weighted by atomic mass is 16.4. The van der Waals surface area contributed by atoms with E-state index in [4.69, 9.17) is 10.8 Å². The second-order valence-electron chi connectivity index (χ2n) is 4.28. The molecule has 0 aromatic rings. The third-order valence-electron chi connectivity index (χ3n) is 3.18. The van der Waals surface area contributed by atoms with Crippen molar-refractivity contribution in [1.82, 2.24) is 0 Å². The van der Waals surface area contributed by atoms with E-state index in [-0.39, 0.29) is 6.42 Å². The van der Waals surface area contributed by atoms with Crippen molar-refractivity contribution < 1.29 is 9.90 Å². The summed E-state index contributed by atoms with van der Waals surface area (Å²) in [7, 11) is 0. The topological polar surface area (TPSA) is 63.3 Å². The van der Waals surface area contributed by atoms with Gasteiger partial charge in [0, 0.05) is 5.54 Å². The monoisotopic (exact) mass is 185 g/mol. The molecule has 1 fully saturated rings. The molecule has 1 saturated carbocycles. The van der Waals surface area contributed by atoms with Crippen molar-refractivity contribution in [1.29, 1.82) is 0 Å². The molecular formula is C10H19NO2. The maximum atomic E-state index is 10.5. The third kappa shape index (κ3) is 2.99. The largest absolute Gasteiger partial charge is 0.481 e. The molecule has 0 aromatic carbocycles.